The van der Waals surface area contributed by atoms with Crippen LogP contribution in [-0.2, 0) is 33.3 Å². The van der Waals surface area contributed by atoms with Crippen molar-refractivity contribution >= 4 is 28.9 Å². The van der Waals surface area contributed by atoms with Gasteiger partial charge in [0.15, 0.2) is 11.5 Å². The smallest absolute Gasteiger partial charge is 0.337 e. The van der Waals surface area contributed by atoms with Gasteiger partial charge in [0.2, 0.25) is 5.43 Å². The molecule has 0 N–H and O–H groups in total. The molecule has 1 heterocycles. The number of esters is 3. The Bertz CT molecular complexity index is 1340. The van der Waals surface area contributed by atoms with Crippen LogP contribution in [0.4, 0.5) is 0 Å². The molecule has 0 saturated heterocycles. The molecule has 0 atom stereocenters. The Kier molecular flexibility index (Phi) is 11.0. The maximum atomic E-state index is 13.2. The summed E-state index contributed by atoms with van der Waals surface area (Å²) >= 11 is 0. The molecule has 12 nitrogen and oxygen atoms in total. The van der Waals surface area contributed by atoms with Gasteiger partial charge < -0.3 is 37.6 Å². The standard InChI is InChI=1S/C27H28O12/c1-17(28)38-19-6-4-18(5-7-19)21-14-37-22-13-24(23(33-3)12-20(22)27(21)31)39-26(30)16-35-10-11-36-25(29)15-34-9-8-32-2/h4-7,12-14H,8-11,15-16H2,1-3H3. The minimum absolute atomic E-state index is 0.0277. The second kappa shape index (κ2) is 14.6. The molecule has 1 aromatic heterocycles. The van der Waals surface area contributed by atoms with Crippen molar-refractivity contribution in [1.29, 1.82) is 0 Å². The second-order valence-electron chi connectivity index (χ2n) is 7.89. The number of methoxy groups -OCH3 is 2. The van der Waals surface area contributed by atoms with Crippen LogP contribution in [0.1, 0.15) is 6.92 Å². The fraction of sp³-hybridized carbons (Fsp3) is 0.333. The van der Waals surface area contributed by atoms with Gasteiger partial charge in [0.25, 0.3) is 0 Å². The molecule has 0 unspecified atom stereocenters. The van der Waals surface area contributed by atoms with Crippen LogP contribution < -0.4 is 19.6 Å². The van der Waals surface area contributed by atoms with Gasteiger partial charge in [-0.1, -0.05) is 12.1 Å². The SMILES string of the molecule is COCCOCC(=O)OCCOCC(=O)Oc1cc2occ(-c3ccc(OC(C)=O)cc3)c(=O)c2cc1OC. The number of rotatable bonds is 14. The first kappa shape index (κ1) is 29.3. The highest BCUT2D eigenvalue weighted by Crippen LogP contribution is 2.32. The van der Waals surface area contributed by atoms with Crippen LogP contribution in [0.3, 0.4) is 0 Å². The zero-order valence-electron chi connectivity index (χ0n) is 21.7. The van der Waals surface area contributed by atoms with Gasteiger partial charge in [-0.15, -0.1) is 0 Å². The molecule has 12 heteroatoms. The summed E-state index contributed by atoms with van der Waals surface area (Å²) in [6.45, 7) is 1.18. The highest BCUT2D eigenvalue weighted by molar-refractivity contribution is 5.86. The zero-order valence-corrected chi connectivity index (χ0v) is 21.7. The van der Waals surface area contributed by atoms with Gasteiger partial charge in [0.05, 0.1) is 37.9 Å². The third kappa shape index (κ3) is 8.64. The molecule has 0 bridgehead atoms. The average molecular weight is 545 g/mol. The summed E-state index contributed by atoms with van der Waals surface area (Å²) < 4.78 is 41.2. The topological polar surface area (TPSA) is 146 Å². The molecule has 0 aliphatic carbocycles. The number of benzene rings is 2. The fourth-order valence-corrected chi connectivity index (χ4v) is 3.31. The molecule has 0 spiro atoms. The van der Waals surface area contributed by atoms with Crippen molar-refractivity contribution in [2.45, 2.75) is 6.92 Å². The Morgan fingerprint density at radius 1 is 0.821 bits per heavy atom. The van der Waals surface area contributed by atoms with Crippen molar-refractivity contribution < 1.29 is 52.0 Å². The Morgan fingerprint density at radius 2 is 1.51 bits per heavy atom. The summed E-state index contributed by atoms with van der Waals surface area (Å²) in [5, 5.41) is 0.206. The summed E-state index contributed by atoms with van der Waals surface area (Å²) in [5.74, 6) is -1.26. The molecule has 39 heavy (non-hydrogen) atoms. The molecule has 0 aliphatic heterocycles. The van der Waals surface area contributed by atoms with Crippen LogP contribution in [0.2, 0.25) is 0 Å². The van der Waals surface area contributed by atoms with E-state index in [0.717, 1.165) is 0 Å². The minimum Gasteiger partial charge on any atom is -0.493 e. The number of hydrogen-bond donors (Lipinski definition) is 0. The van der Waals surface area contributed by atoms with Gasteiger partial charge in [-0.2, -0.15) is 0 Å². The molecule has 0 fully saturated rings. The monoisotopic (exact) mass is 544 g/mol. The fourth-order valence-electron chi connectivity index (χ4n) is 3.31. The Labute approximate surface area is 223 Å². The predicted octanol–water partition coefficient (Wildman–Crippen LogP) is 2.52. The molecular weight excluding hydrogens is 516 g/mol. The van der Waals surface area contributed by atoms with Crippen molar-refractivity contribution in [2.24, 2.45) is 0 Å². The summed E-state index contributed by atoms with van der Waals surface area (Å²) in [6, 6.07) is 9.16. The molecule has 2 aromatic carbocycles. The van der Waals surface area contributed by atoms with E-state index in [9.17, 15) is 19.2 Å². The first-order valence-electron chi connectivity index (χ1n) is 11.8. The number of ether oxygens (including phenoxy) is 7. The van der Waals surface area contributed by atoms with E-state index in [-0.39, 0.29) is 59.9 Å². The van der Waals surface area contributed by atoms with Crippen molar-refractivity contribution in [3.8, 4) is 28.4 Å². The predicted molar refractivity (Wildman–Crippen MR) is 136 cm³/mol. The highest BCUT2D eigenvalue weighted by Gasteiger charge is 2.17. The van der Waals surface area contributed by atoms with Gasteiger partial charge >= 0.3 is 17.9 Å². The van der Waals surface area contributed by atoms with Crippen LogP contribution in [0.25, 0.3) is 22.1 Å². The van der Waals surface area contributed by atoms with E-state index in [2.05, 4.69) is 0 Å². The molecule has 0 amide bonds. The number of carbonyl (C=O) groups is 3. The average Bonchev–Trinajstić information content (AvgIpc) is 2.91. The van der Waals surface area contributed by atoms with E-state index in [1.807, 2.05) is 0 Å². The first-order valence-corrected chi connectivity index (χ1v) is 11.8. The lowest BCUT2D eigenvalue weighted by molar-refractivity contribution is -0.151. The van der Waals surface area contributed by atoms with Gasteiger partial charge in [0.1, 0.15) is 37.4 Å². The van der Waals surface area contributed by atoms with E-state index >= 15 is 0 Å². The van der Waals surface area contributed by atoms with Crippen molar-refractivity contribution in [3.63, 3.8) is 0 Å². The number of hydrogen-bond acceptors (Lipinski definition) is 12. The number of fused-ring (bicyclic) bond motifs is 1. The van der Waals surface area contributed by atoms with Gasteiger partial charge in [0, 0.05) is 20.1 Å². The summed E-state index contributed by atoms with van der Waals surface area (Å²) in [5.41, 5.74) is 0.663. The molecular formula is C27H28O12. The normalized spacial score (nSPS) is 10.7. The summed E-state index contributed by atoms with van der Waals surface area (Å²) in [4.78, 5) is 48.0. The Hall–Kier alpha value is -4.26. The lowest BCUT2D eigenvalue weighted by Gasteiger charge is -2.11. The van der Waals surface area contributed by atoms with Gasteiger partial charge in [-0.3, -0.25) is 9.59 Å². The van der Waals surface area contributed by atoms with Gasteiger partial charge in [-0.25, -0.2) is 9.59 Å². The molecule has 3 aromatic rings. The number of carbonyl (C=O) groups excluding carboxylic acids is 3. The molecule has 3 rings (SSSR count). The van der Waals surface area contributed by atoms with Crippen LogP contribution in [0.15, 0.2) is 51.9 Å². The second-order valence-corrected chi connectivity index (χ2v) is 7.89. The van der Waals surface area contributed by atoms with Crippen LogP contribution >= 0.6 is 0 Å². The third-order valence-corrected chi connectivity index (χ3v) is 5.07. The zero-order chi connectivity index (χ0) is 28.2. The van der Waals surface area contributed by atoms with Crippen molar-refractivity contribution in [1.82, 2.24) is 0 Å². The highest BCUT2D eigenvalue weighted by atomic mass is 16.6. The maximum Gasteiger partial charge on any atom is 0.337 e. The summed E-state index contributed by atoms with van der Waals surface area (Å²) in [7, 11) is 2.88. The van der Waals surface area contributed by atoms with Crippen LogP contribution in [0, 0.1) is 0 Å². The maximum absolute atomic E-state index is 13.2. The molecule has 0 saturated carbocycles. The van der Waals surface area contributed by atoms with Crippen molar-refractivity contribution in [3.05, 3.63) is 52.9 Å². The molecule has 0 radical (unpaired) electrons. The largest absolute Gasteiger partial charge is 0.493 e. The van der Waals surface area contributed by atoms with E-state index in [0.29, 0.717) is 17.9 Å². The molecule has 0 aliphatic rings. The van der Waals surface area contributed by atoms with Crippen LogP contribution in [-0.4, -0.2) is 71.8 Å². The third-order valence-electron chi connectivity index (χ3n) is 5.07. The Morgan fingerprint density at radius 3 is 2.18 bits per heavy atom. The van der Waals surface area contributed by atoms with E-state index < -0.39 is 24.5 Å². The van der Waals surface area contributed by atoms with Crippen molar-refractivity contribution in [2.75, 3.05) is 53.9 Å². The van der Waals surface area contributed by atoms with Crippen LogP contribution in [0.5, 0.6) is 17.2 Å². The van der Waals surface area contributed by atoms with E-state index in [1.165, 1.54) is 39.5 Å². The van der Waals surface area contributed by atoms with E-state index in [4.69, 9.17) is 37.6 Å². The quantitative estimate of drug-likeness (QED) is 0.167. The van der Waals surface area contributed by atoms with E-state index in [1.54, 1.807) is 24.3 Å². The lowest BCUT2D eigenvalue weighted by Crippen LogP contribution is -2.20. The summed E-state index contributed by atoms with van der Waals surface area (Å²) in [6.07, 6.45) is 1.29. The lowest BCUT2D eigenvalue weighted by atomic mass is 10.1. The first-order chi connectivity index (χ1) is 18.8. The Balaban J connectivity index is 1.59. The van der Waals surface area contributed by atoms with Gasteiger partial charge in [-0.05, 0) is 23.8 Å². The minimum atomic E-state index is -0.742. The molecule has 208 valence electrons.